The Balaban J connectivity index is 3.89. The Labute approximate surface area is 434 Å². The predicted molar refractivity (Wildman–Crippen MR) is 298 cm³/mol. The molecule has 2 unspecified atom stereocenters. The van der Waals surface area contributed by atoms with Gasteiger partial charge in [-0.3, -0.25) is 18.6 Å². The van der Waals surface area contributed by atoms with Gasteiger partial charge >= 0.3 is 19.8 Å². The second-order valence-electron chi connectivity index (χ2n) is 20.9. The summed E-state index contributed by atoms with van der Waals surface area (Å²) in [5.74, 6) is -0.805. The number of unbranched alkanes of at least 4 members (excludes halogenated alkanes) is 44. The first-order valence-electron chi connectivity index (χ1n) is 30.7. The van der Waals surface area contributed by atoms with E-state index in [9.17, 15) is 19.0 Å². The predicted octanol–water partition coefficient (Wildman–Crippen LogP) is 19.2. The van der Waals surface area contributed by atoms with Gasteiger partial charge in [0.15, 0.2) is 6.10 Å². The number of rotatable bonds is 59. The minimum absolute atomic E-state index is 0.0572. The molecule has 0 spiro atoms. The highest BCUT2D eigenvalue weighted by Crippen LogP contribution is 2.43. The molecule has 0 bridgehead atoms. The van der Waals surface area contributed by atoms with Crippen LogP contribution >= 0.6 is 7.82 Å². The van der Waals surface area contributed by atoms with Crippen LogP contribution in [0.3, 0.4) is 0 Å². The molecule has 0 aliphatic rings. The Bertz CT molecular complexity index is 1150. The Morgan fingerprint density at radius 3 is 1.01 bits per heavy atom. The van der Waals surface area contributed by atoms with Gasteiger partial charge in [-0.05, 0) is 38.5 Å². The lowest BCUT2D eigenvalue weighted by Gasteiger charge is -2.19. The van der Waals surface area contributed by atoms with Gasteiger partial charge in [0.1, 0.15) is 6.61 Å². The van der Waals surface area contributed by atoms with E-state index in [0.717, 1.165) is 32.1 Å². The molecule has 0 aliphatic heterocycles. The third-order valence-corrected chi connectivity index (χ3v) is 14.9. The van der Waals surface area contributed by atoms with Gasteiger partial charge in [0.25, 0.3) is 0 Å². The van der Waals surface area contributed by atoms with Gasteiger partial charge in [0.2, 0.25) is 0 Å². The Hall–Kier alpha value is -1.25. The minimum Gasteiger partial charge on any atom is -0.462 e. The van der Waals surface area contributed by atoms with Crippen LogP contribution in [-0.2, 0) is 32.7 Å². The van der Waals surface area contributed by atoms with Crippen molar-refractivity contribution >= 4 is 19.8 Å². The number of nitrogens with two attached hydrogens (primary N) is 1. The van der Waals surface area contributed by atoms with Crippen LogP contribution < -0.4 is 5.73 Å². The van der Waals surface area contributed by atoms with Crippen LogP contribution in [0.25, 0.3) is 0 Å². The maximum atomic E-state index is 12.7. The average Bonchev–Trinajstić information content (AvgIpc) is 3.35. The topological polar surface area (TPSA) is 134 Å². The molecular weight excluding hydrogens is 894 g/mol. The number of hydrogen-bond acceptors (Lipinski definition) is 8. The Morgan fingerprint density at radius 2 is 0.700 bits per heavy atom. The highest BCUT2D eigenvalue weighted by atomic mass is 31.2. The van der Waals surface area contributed by atoms with Crippen molar-refractivity contribution in [3.63, 3.8) is 0 Å². The van der Waals surface area contributed by atoms with Gasteiger partial charge in [0, 0.05) is 19.4 Å². The highest BCUT2D eigenvalue weighted by molar-refractivity contribution is 7.47. The second kappa shape index (κ2) is 57.0. The maximum absolute atomic E-state index is 12.7. The molecule has 0 radical (unpaired) electrons. The first kappa shape index (κ1) is 68.8. The van der Waals surface area contributed by atoms with E-state index < -0.39 is 26.5 Å². The molecule has 0 saturated heterocycles. The van der Waals surface area contributed by atoms with Crippen molar-refractivity contribution in [2.75, 3.05) is 26.4 Å². The largest absolute Gasteiger partial charge is 0.472 e. The molecule has 9 nitrogen and oxygen atoms in total. The molecule has 0 rings (SSSR count). The fourth-order valence-electron chi connectivity index (χ4n) is 9.34. The lowest BCUT2D eigenvalue weighted by molar-refractivity contribution is -0.161. The Kier molecular flexibility index (Phi) is 56.0. The first-order chi connectivity index (χ1) is 34.3. The van der Waals surface area contributed by atoms with Crippen LogP contribution in [0, 0.1) is 0 Å². The second-order valence-corrected chi connectivity index (χ2v) is 22.4. The van der Waals surface area contributed by atoms with Crippen molar-refractivity contribution in [1.29, 1.82) is 0 Å². The molecule has 3 N–H and O–H groups in total. The van der Waals surface area contributed by atoms with Gasteiger partial charge < -0.3 is 20.1 Å². The van der Waals surface area contributed by atoms with Crippen LogP contribution in [0.2, 0.25) is 0 Å². The van der Waals surface area contributed by atoms with Gasteiger partial charge in [-0.15, -0.1) is 0 Å². The van der Waals surface area contributed by atoms with Crippen molar-refractivity contribution in [3.8, 4) is 0 Å². The molecule has 70 heavy (non-hydrogen) atoms. The maximum Gasteiger partial charge on any atom is 0.472 e. The van der Waals surface area contributed by atoms with Crippen LogP contribution in [-0.4, -0.2) is 49.3 Å². The molecular formula is C60H118NO8P. The van der Waals surface area contributed by atoms with Gasteiger partial charge in [0.05, 0.1) is 13.2 Å². The molecule has 0 aromatic carbocycles. The van der Waals surface area contributed by atoms with Gasteiger partial charge in [-0.2, -0.15) is 0 Å². The zero-order chi connectivity index (χ0) is 51.0. The molecule has 10 heteroatoms. The molecule has 0 heterocycles. The summed E-state index contributed by atoms with van der Waals surface area (Å²) >= 11 is 0. The van der Waals surface area contributed by atoms with E-state index in [-0.39, 0.29) is 38.6 Å². The molecule has 0 aromatic heterocycles. The molecule has 0 fully saturated rings. The van der Waals surface area contributed by atoms with E-state index in [0.29, 0.717) is 6.42 Å². The lowest BCUT2D eigenvalue weighted by atomic mass is 10.0. The number of phosphoric ester groups is 1. The summed E-state index contributed by atoms with van der Waals surface area (Å²) in [6, 6.07) is 0. The molecule has 0 saturated carbocycles. The number of ether oxygens (including phenoxy) is 2. The van der Waals surface area contributed by atoms with E-state index >= 15 is 0 Å². The minimum atomic E-state index is -4.38. The number of phosphoric acid groups is 1. The fourth-order valence-corrected chi connectivity index (χ4v) is 10.1. The standard InChI is InChI=1S/C60H118NO8P/c1-3-5-7-9-11-13-15-17-19-21-23-25-27-29-31-33-35-37-39-41-43-45-47-49-51-53-60(63)69-58(57-68-70(64,65)67-55-54-61)56-66-59(62)52-50-48-46-44-42-40-38-36-34-32-30-28-26-24-22-20-18-16-14-12-10-8-6-4-2/h21,23,58H,3-20,22,24-57,61H2,1-2H3,(H,64,65)/b23-21-. The number of carbonyl (C=O) groups is 2. The van der Waals surface area contributed by atoms with E-state index in [4.69, 9.17) is 24.3 Å². The van der Waals surface area contributed by atoms with Crippen molar-refractivity contribution in [1.82, 2.24) is 0 Å². The van der Waals surface area contributed by atoms with Gasteiger partial charge in [-0.25, -0.2) is 4.57 Å². The van der Waals surface area contributed by atoms with E-state index in [2.05, 4.69) is 26.0 Å². The van der Waals surface area contributed by atoms with Crippen molar-refractivity contribution in [3.05, 3.63) is 12.2 Å². The normalized spacial score (nSPS) is 13.0. The third kappa shape index (κ3) is 56.1. The number of carbonyl (C=O) groups excluding carboxylic acids is 2. The summed E-state index contributed by atoms with van der Waals surface area (Å²) in [4.78, 5) is 35.2. The van der Waals surface area contributed by atoms with Gasteiger partial charge in [-0.1, -0.05) is 289 Å². The summed E-state index contributed by atoms with van der Waals surface area (Å²) in [5.41, 5.74) is 5.39. The summed E-state index contributed by atoms with van der Waals surface area (Å²) in [6.45, 7) is 3.82. The van der Waals surface area contributed by atoms with Crippen LogP contribution in [0.5, 0.6) is 0 Å². The lowest BCUT2D eigenvalue weighted by Crippen LogP contribution is -2.29. The summed E-state index contributed by atoms with van der Waals surface area (Å²) < 4.78 is 33.1. The number of esters is 2. The average molecular weight is 1010 g/mol. The van der Waals surface area contributed by atoms with Crippen molar-refractivity contribution in [2.45, 2.75) is 335 Å². The molecule has 0 aromatic rings. The Morgan fingerprint density at radius 1 is 0.414 bits per heavy atom. The molecule has 0 amide bonds. The van der Waals surface area contributed by atoms with Crippen molar-refractivity contribution < 1.29 is 37.6 Å². The van der Waals surface area contributed by atoms with E-state index in [1.807, 2.05) is 0 Å². The monoisotopic (exact) mass is 1010 g/mol. The smallest absolute Gasteiger partial charge is 0.462 e. The van der Waals surface area contributed by atoms with Crippen molar-refractivity contribution in [2.24, 2.45) is 5.73 Å². The van der Waals surface area contributed by atoms with E-state index in [1.165, 1.54) is 263 Å². The zero-order valence-corrected chi connectivity index (χ0v) is 47.4. The summed E-state index contributed by atoms with van der Waals surface area (Å²) in [5, 5.41) is 0. The van der Waals surface area contributed by atoms with Crippen LogP contribution in [0.15, 0.2) is 12.2 Å². The van der Waals surface area contributed by atoms with Crippen LogP contribution in [0.4, 0.5) is 0 Å². The highest BCUT2D eigenvalue weighted by Gasteiger charge is 2.26. The number of hydrogen-bond donors (Lipinski definition) is 2. The first-order valence-corrected chi connectivity index (χ1v) is 32.2. The summed E-state index contributed by atoms with van der Waals surface area (Å²) in [7, 11) is -4.38. The zero-order valence-electron chi connectivity index (χ0n) is 46.5. The quantitative estimate of drug-likeness (QED) is 0.0264. The molecule has 2 atom stereocenters. The fraction of sp³-hybridized carbons (Fsp3) is 0.933. The third-order valence-electron chi connectivity index (χ3n) is 13.9. The summed E-state index contributed by atoms with van der Waals surface area (Å²) in [6.07, 6.45) is 65.6. The molecule has 0 aliphatic carbocycles. The molecule has 416 valence electrons. The van der Waals surface area contributed by atoms with E-state index in [1.54, 1.807) is 0 Å². The van der Waals surface area contributed by atoms with Crippen LogP contribution in [0.1, 0.15) is 328 Å². The SMILES string of the molecule is CCCCCCCCCC/C=C\CCCCCCCCCCCCCCCC(=O)OC(COC(=O)CCCCCCCCCCCCCCCCCCCCCCCCCC)COP(=O)(O)OCCN. The number of allylic oxidation sites excluding steroid dienone is 2.